The van der Waals surface area contributed by atoms with E-state index in [0.29, 0.717) is 6.61 Å². The number of benzene rings is 1. The summed E-state index contributed by atoms with van der Waals surface area (Å²) in [7, 11) is 0. The van der Waals surface area contributed by atoms with Crippen LogP contribution in [0.1, 0.15) is 56.9 Å². The van der Waals surface area contributed by atoms with Crippen LogP contribution in [-0.4, -0.2) is 19.8 Å². The Bertz CT molecular complexity index is 549. The van der Waals surface area contributed by atoms with Crippen LogP contribution in [0.25, 0.3) is 0 Å². The molecule has 0 N–H and O–H groups in total. The van der Waals surface area contributed by atoms with E-state index in [1.54, 1.807) is 0 Å². The van der Waals surface area contributed by atoms with Crippen molar-refractivity contribution in [3.63, 3.8) is 0 Å². The van der Waals surface area contributed by atoms with Gasteiger partial charge in [0.15, 0.2) is 23.3 Å². The molecular formula is C20H27F5O2. The van der Waals surface area contributed by atoms with Crippen molar-refractivity contribution in [1.29, 1.82) is 0 Å². The molecule has 0 fully saturated rings. The van der Waals surface area contributed by atoms with Crippen LogP contribution in [0.15, 0.2) is 12.7 Å². The second-order valence-electron chi connectivity index (χ2n) is 6.27. The highest BCUT2D eigenvalue weighted by Crippen LogP contribution is 2.23. The van der Waals surface area contributed by atoms with Crippen LogP contribution >= 0.6 is 0 Å². The van der Waals surface area contributed by atoms with Crippen LogP contribution in [0.4, 0.5) is 22.0 Å². The Morgan fingerprint density at radius 1 is 0.593 bits per heavy atom. The Kier molecular flexibility index (Phi) is 11.9. The number of allylic oxidation sites excluding steroid dienone is 1. The molecule has 0 bridgehead atoms. The van der Waals surface area contributed by atoms with Gasteiger partial charge in [-0.15, -0.1) is 6.58 Å². The van der Waals surface area contributed by atoms with Gasteiger partial charge in [-0.05, 0) is 19.3 Å². The van der Waals surface area contributed by atoms with E-state index in [4.69, 9.17) is 9.47 Å². The molecular weight excluding hydrogens is 367 g/mol. The normalized spacial score (nSPS) is 11.1. The van der Waals surface area contributed by atoms with Gasteiger partial charge in [-0.2, -0.15) is 0 Å². The van der Waals surface area contributed by atoms with Gasteiger partial charge in [-0.3, -0.25) is 0 Å². The first-order chi connectivity index (χ1) is 13.0. The van der Waals surface area contributed by atoms with Crippen LogP contribution in [-0.2, 0) is 16.1 Å². The molecule has 0 amide bonds. The topological polar surface area (TPSA) is 18.5 Å². The molecule has 1 rings (SSSR count). The van der Waals surface area contributed by atoms with E-state index in [-0.39, 0.29) is 13.2 Å². The first kappa shape index (κ1) is 23.6. The minimum atomic E-state index is -2.17. The van der Waals surface area contributed by atoms with Crippen molar-refractivity contribution in [2.75, 3.05) is 19.8 Å². The number of hydrogen-bond donors (Lipinski definition) is 0. The zero-order valence-corrected chi connectivity index (χ0v) is 15.5. The molecule has 0 aromatic heterocycles. The Morgan fingerprint density at radius 2 is 1.07 bits per heavy atom. The van der Waals surface area contributed by atoms with E-state index in [1.807, 2.05) is 6.08 Å². The Hall–Kier alpha value is -1.47. The van der Waals surface area contributed by atoms with Gasteiger partial charge in [0.1, 0.15) is 0 Å². The summed E-state index contributed by atoms with van der Waals surface area (Å²) in [5, 5.41) is 0. The molecule has 7 heteroatoms. The molecule has 0 saturated heterocycles. The highest BCUT2D eigenvalue weighted by Gasteiger charge is 2.25. The van der Waals surface area contributed by atoms with Gasteiger partial charge in [0.05, 0.1) is 25.4 Å². The minimum absolute atomic E-state index is 0.00278. The van der Waals surface area contributed by atoms with Gasteiger partial charge in [0.2, 0.25) is 5.82 Å². The molecule has 0 radical (unpaired) electrons. The second-order valence-corrected chi connectivity index (χ2v) is 6.27. The van der Waals surface area contributed by atoms with Gasteiger partial charge >= 0.3 is 0 Å². The second kappa shape index (κ2) is 13.7. The zero-order valence-electron chi connectivity index (χ0n) is 15.5. The summed E-state index contributed by atoms with van der Waals surface area (Å²) in [5.41, 5.74) is -0.973. The molecule has 0 atom stereocenters. The van der Waals surface area contributed by atoms with Crippen LogP contribution in [0.5, 0.6) is 0 Å². The fraction of sp³-hybridized carbons (Fsp3) is 0.600. The van der Waals surface area contributed by atoms with Gasteiger partial charge < -0.3 is 9.47 Å². The van der Waals surface area contributed by atoms with Gasteiger partial charge in [-0.1, -0.05) is 38.2 Å². The number of unbranched alkanes of at least 4 members (excludes halogenated alkanes) is 7. The summed E-state index contributed by atoms with van der Waals surface area (Å²) in [4.78, 5) is 0. The van der Waals surface area contributed by atoms with Gasteiger partial charge in [0.25, 0.3) is 0 Å². The average Bonchev–Trinajstić information content (AvgIpc) is 2.67. The van der Waals surface area contributed by atoms with E-state index in [9.17, 15) is 22.0 Å². The van der Waals surface area contributed by atoms with Crippen molar-refractivity contribution >= 4 is 0 Å². The quantitative estimate of drug-likeness (QED) is 0.116. The first-order valence-corrected chi connectivity index (χ1v) is 9.27. The number of ether oxygens (including phenoxy) is 2. The SMILES string of the molecule is C=CCCCCCCCCCOCCOCc1c(F)c(F)c(F)c(F)c1F. The summed E-state index contributed by atoms with van der Waals surface area (Å²) < 4.78 is 76.1. The Morgan fingerprint density at radius 3 is 1.67 bits per heavy atom. The monoisotopic (exact) mass is 394 g/mol. The van der Waals surface area contributed by atoms with Crippen molar-refractivity contribution in [2.45, 2.75) is 58.0 Å². The Labute approximate surface area is 157 Å². The lowest BCUT2D eigenvalue weighted by Gasteiger charge is -2.09. The highest BCUT2D eigenvalue weighted by molar-refractivity contribution is 5.23. The van der Waals surface area contributed by atoms with Gasteiger partial charge in [-0.25, -0.2) is 22.0 Å². The number of halogens is 5. The van der Waals surface area contributed by atoms with Crippen molar-refractivity contribution in [3.05, 3.63) is 47.3 Å². The third-order valence-corrected chi connectivity index (χ3v) is 4.12. The molecule has 0 unspecified atom stereocenters. The van der Waals surface area contributed by atoms with Crippen molar-refractivity contribution < 1.29 is 31.4 Å². The molecule has 1 aromatic carbocycles. The fourth-order valence-electron chi connectivity index (χ4n) is 2.55. The summed E-state index contributed by atoms with van der Waals surface area (Å²) >= 11 is 0. The molecule has 27 heavy (non-hydrogen) atoms. The minimum Gasteiger partial charge on any atom is -0.379 e. The summed E-state index contributed by atoms with van der Waals surface area (Å²) in [6, 6.07) is 0. The summed E-state index contributed by atoms with van der Waals surface area (Å²) in [6.45, 7) is 3.72. The zero-order chi connectivity index (χ0) is 20.1. The standard InChI is InChI=1S/C20H27F5O2/c1-2-3-4-5-6-7-8-9-10-11-26-12-13-27-14-15-16(21)18(23)20(25)19(24)17(15)22/h2H,1,3-14H2. The summed E-state index contributed by atoms with van der Waals surface area (Å²) in [6.07, 6.45) is 11.0. The van der Waals surface area contributed by atoms with E-state index < -0.39 is 41.3 Å². The lowest BCUT2D eigenvalue weighted by Crippen LogP contribution is -2.11. The first-order valence-electron chi connectivity index (χ1n) is 9.27. The maximum absolute atomic E-state index is 13.4. The molecule has 0 saturated carbocycles. The molecule has 0 aliphatic rings. The maximum atomic E-state index is 13.4. The van der Waals surface area contributed by atoms with Crippen molar-refractivity contribution in [1.82, 2.24) is 0 Å². The van der Waals surface area contributed by atoms with Crippen molar-refractivity contribution in [3.8, 4) is 0 Å². The molecule has 2 nitrogen and oxygen atoms in total. The van der Waals surface area contributed by atoms with Gasteiger partial charge in [0, 0.05) is 6.61 Å². The van der Waals surface area contributed by atoms with E-state index >= 15 is 0 Å². The van der Waals surface area contributed by atoms with Crippen LogP contribution in [0.2, 0.25) is 0 Å². The molecule has 1 aromatic rings. The predicted molar refractivity (Wildman–Crippen MR) is 93.8 cm³/mol. The molecule has 0 aliphatic carbocycles. The largest absolute Gasteiger partial charge is 0.379 e. The third kappa shape index (κ3) is 8.39. The maximum Gasteiger partial charge on any atom is 0.200 e. The van der Waals surface area contributed by atoms with Crippen LogP contribution in [0, 0.1) is 29.1 Å². The van der Waals surface area contributed by atoms with Crippen LogP contribution in [0.3, 0.4) is 0 Å². The average molecular weight is 394 g/mol. The van der Waals surface area contributed by atoms with E-state index in [2.05, 4.69) is 6.58 Å². The van der Waals surface area contributed by atoms with Crippen molar-refractivity contribution in [2.24, 2.45) is 0 Å². The van der Waals surface area contributed by atoms with E-state index in [0.717, 1.165) is 25.7 Å². The molecule has 0 aliphatic heterocycles. The van der Waals surface area contributed by atoms with Crippen LogP contribution < -0.4 is 0 Å². The smallest absolute Gasteiger partial charge is 0.200 e. The summed E-state index contributed by atoms with van der Waals surface area (Å²) in [5.74, 6) is -9.84. The predicted octanol–water partition coefficient (Wildman–Crippen LogP) is 6.22. The lowest BCUT2D eigenvalue weighted by molar-refractivity contribution is 0.0368. The Balaban J connectivity index is 2.06. The number of rotatable bonds is 15. The van der Waals surface area contributed by atoms with E-state index in [1.165, 1.54) is 25.7 Å². The fourth-order valence-corrected chi connectivity index (χ4v) is 2.55. The highest BCUT2D eigenvalue weighted by atomic mass is 19.2. The molecule has 0 heterocycles. The lowest BCUT2D eigenvalue weighted by atomic mass is 10.1. The third-order valence-electron chi connectivity index (χ3n) is 4.12. The molecule has 0 spiro atoms. The molecule has 154 valence electrons. The number of hydrogen-bond acceptors (Lipinski definition) is 2.